The van der Waals surface area contributed by atoms with Crippen molar-refractivity contribution in [2.45, 2.75) is 27.2 Å². The Kier molecular flexibility index (Phi) is 6.19. The Balaban J connectivity index is 2.38. The first-order chi connectivity index (χ1) is 11.5. The number of carboxylic acids is 1. The van der Waals surface area contributed by atoms with Crippen LogP contribution in [0.2, 0.25) is 0 Å². The molecule has 24 heavy (non-hydrogen) atoms. The minimum Gasteiger partial charge on any atom is -0.493 e. The monoisotopic (exact) mass is 324 g/mol. The van der Waals surface area contributed by atoms with Crippen LogP contribution < -0.4 is 4.74 Å². The van der Waals surface area contributed by atoms with E-state index in [4.69, 9.17) is 4.74 Å². The highest BCUT2D eigenvalue weighted by Gasteiger charge is 2.12. The van der Waals surface area contributed by atoms with Gasteiger partial charge in [0.15, 0.2) is 0 Å². The zero-order valence-corrected chi connectivity index (χ0v) is 14.5. The van der Waals surface area contributed by atoms with Crippen LogP contribution in [0.25, 0.3) is 11.6 Å². The molecular formula is C21H24O3. The van der Waals surface area contributed by atoms with Gasteiger partial charge in [-0.25, -0.2) is 4.79 Å². The zero-order chi connectivity index (χ0) is 17.5. The molecule has 126 valence electrons. The van der Waals surface area contributed by atoms with E-state index in [2.05, 4.69) is 20.8 Å². The van der Waals surface area contributed by atoms with Crippen LogP contribution in [0.3, 0.4) is 0 Å². The van der Waals surface area contributed by atoms with E-state index in [1.807, 2.05) is 48.5 Å². The standard InChI is InChI=1S/C21H24O3/c1-4-16-9-11-17(12-10-16)19(21(22)23)13-18-7-5-6-8-20(18)24-14-15(2)3/h5-13,15H,4,14H2,1-3H3,(H,22,23)/b19-13-. The van der Waals surface area contributed by atoms with Gasteiger partial charge in [0, 0.05) is 5.56 Å². The topological polar surface area (TPSA) is 46.5 Å². The average Bonchev–Trinajstić information content (AvgIpc) is 2.58. The van der Waals surface area contributed by atoms with Gasteiger partial charge in [-0.3, -0.25) is 0 Å². The molecule has 3 heteroatoms. The van der Waals surface area contributed by atoms with Crippen molar-refractivity contribution in [1.82, 2.24) is 0 Å². The molecule has 0 radical (unpaired) electrons. The first-order valence-electron chi connectivity index (χ1n) is 8.27. The summed E-state index contributed by atoms with van der Waals surface area (Å²) in [6.45, 7) is 6.83. The Morgan fingerprint density at radius 1 is 1.12 bits per heavy atom. The normalized spacial score (nSPS) is 11.6. The largest absolute Gasteiger partial charge is 0.493 e. The van der Waals surface area contributed by atoms with E-state index in [1.54, 1.807) is 6.08 Å². The van der Waals surface area contributed by atoms with Crippen molar-refractivity contribution < 1.29 is 14.6 Å². The number of hydrogen-bond acceptors (Lipinski definition) is 2. The highest BCUT2D eigenvalue weighted by molar-refractivity contribution is 6.20. The number of aryl methyl sites for hydroxylation is 1. The van der Waals surface area contributed by atoms with Gasteiger partial charge in [0.05, 0.1) is 12.2 Å². The second-order valence-corrected chi connectivity index (χ2v) is 6.16. The van der Waals surface area contributed by atoms with Crippen molar-refractivity contribution in [2.75, 3.05) is 6.61 Å². The highest BCUT2D eigenvalue weighted by atomic mass is 16.5. The fourth-order valence-electron chi connectivity index (χ4n) is 2.33. The molecule has 0 aliphatic rings. The fraction of sp³-hybridized carbons (Fsp3) is 0.286. The summed E-state index contributed by atoms with van der Waals surface area (Å²) in [5, 5.41) is 9.61. The van der Waals surface area contributed by atoms with Crippen LogP contribution in [0.1, 0.15) is 37.5 Å². The molecule has 0 saturated heterocycles. The predicted octanol–water partition coefficient (Wildman–Crippen LogP) is 4.91. The minimum atomic E-state index is -0.946. The van der Waals surface area contributed by atoms with Crippen LogP contribution in [-0.4, -0.2) is 17.7 Å². The van der Waals surface area contributed by atoms with Gasteiger partial charge in [-0.1, -0.05) is 63.2 Å². The number of para-hydroxylation sites is 1. The summed E-state index contributed by atoms with van der Waals surface area (Å²) >= 11 is 0. The maximum absolute atomic E-state index is 11.7. The molecule has 2 aromatic carbocycles. The first kappa shape index (κ1) is 17.8. The summed E-state index contributed by atoms with van der Waals surface area (Å²) in [5.41, 5.74) is 2.91. The lowest BCUT2D eigenvalue weighted by molar-refractivity contribution is -0.130. The number of carbonyl (C=O) groups is 1. The number of ether oxygens (including phenoxy) is 1. The van der Waals surface area contributed by atoms with Crippen molar-refractivity contribution >= 4 is 17.6 Å². The molecular weight excluding hydrogens is 300 g/mol. The van der Waals surface area contributed by atoms with Crippen LogP contribution in [-0.2, 0) is 11.2 Å². The lowest BCUT2D eigenvalue weighted by Gasteiger charge is -2.12. The molecule has 0 atom stereocenters. The average molecular weight is 324 g/mol. The van der Waals surface area contributed by atoms with Crippen molar-refractivity contribution in [3.05, 3.63) is 65.2 Å². The van der Waals surface area contributed by atoms with E-state index < -0.39 is 5.97 Å². The van der Waals surface area contributed by atoms with Gasteiger partial charge in [-0.05, 0) is 35.6 Å². The molecule has 3 nitrogen and oxygen atoms in total. The molecule has 0 saturated carbocycles. The molecule has 2 aromatic rings. The number of benzene rings is 2. The molecule has 2 rings (SSSR count). The Morgan fingerprint density at radius 2 is 1.79 bits per heavy atom. The summed E-state index contributed by atoms with van der Waals surface area (Å²) < 4.78 is 5.81. The lowest BCUT2D eigenvalue weighted by atomic mass is 10.0. The Labute approximate surface area is 143 Å². The molecule has 0 aliphatic carbocycles. The minimum absolute atomic E-state index is 0.262. The molecule has 0 bridgehead atoms. The molecule has 0 heterocycles. The van der Waals surface area contributed by atoms with Gasteiger partial charge < -0.3 is 9.84 Å². The zero-order valence-electron chi connectivity index (χ0n) is 14.5. The third kappa shape index (κ3) is 4.72. The van der Waals surface area contributed by atoms with Gasteiger partial charge in [-0.15, -0.1) is 0 Å². The van der Waals surface area contributed by atoms with Gasteiger partial charge in [0.25, 0.3) is 0 Å². The van der Waals surface area contributed by atoms with Gasteiger partial charge in [0.2, 0.25) is 0 Å². The SMILES string of the molecule is CCc1ccc(/C(=C/c2ccccc2OCC(C)C)C(=O)O)cc1. The maximum Gasteiger partial charge on any atom is 0.336 e. The molecule has 1 N–H and O–H groups in total. The van der Waals surface area contributed by atoms with Crippen LogP contribution >= 0.6 is 0 Å². The van der Waals surface area contributed by atoms with Crippen molar-refractivity contribution in [1.29, 1.82) is 0 Å². The van der Waals surface area contributed by atoms with E-state index in [0.717, 1.165) is 12.0 Å². The Morgan fingerprint density at radius 3 is 2.38 bits per heavy atom. The van der Waals surface area contributed by atoms with E-state index in [1.165, 1.54) is 5.56 Å². The first-order valence-corrected chi connectivity index (χ1v) is 8.27. The summed E-state index contributed by atoms with van der Waals surface area (Å²) in [5.74, 6) is 0.163. The van der Waals surface area contributed by atoms with E-state index >= 15 is 0 Å². The maximum atomic E-state index is 11.7. The Hall–Kier alpha value is -2.55. The molecule has 0 fully saturated rings. The molecule has 0 aromatic heterocycles. The van der Waals surface area contributed by atoms with Crippen molar-refractivity contribution in [3.63, 3.8) is 0 Å². The number of rotatable bonds is 7. The van der Waals surface area contributed by atoms with Gasteiger partial charge in [0.1, 0.15) is 5.75 Å². The van der Waals surface area contributed by atoms with E-state index in [0.29, 0.717) is 23.8 Å². The van der Waals surface area contributed by atoms with E-state index in [-0.39, 0.29) is 5.57 Å². The number of carboxylic acid groups (broad SMARTS) is 1. The quantitative estimate of drug-likeness (QED) is 0.581. The van der Waals surface area contributed by atoms with Crippen molar-refractivity contribution in [2.24, 2.45) is 5.92 Å². The molecule has 0 unspecified atom stereocenters. The summed E-state index contributed by atoms with van der Waals surface area (Å²) in [4.78, 5) is 11.7. The summed E-state index contributed by atoms with van der Waals surface area (Å²) in [7, 11) is 0. The summed E-state index contributed by atoms with van der Waals surface area (Å²) in [6.07, 6.45) is 2.61. The number of aliphatic carboxylic acids is 1. The molecule has 0 aliphatic heterocycles. The molecule has 0 spiro atoms. The van der Waals surface area contributed by atoms with Crippen LogP contribution in [0.15, 0.2) is 48.5 Å². The van der Waals surface area contributed by atoms with Crippen LogP contribution in [0.4, 0.5) is 0 Å². The third-order valence-corrected chi connectivity index (χ3v) is 3.69. The Bertz CT molecular complexity index is 712. The second-order valence-electron chi connectivity index (χ2n) is 6.16. The van der Waals surface area contributed by atoms with Crippen LogP contribution in [0, 0.1) is 5.92 Å². The van der Waals surface area contributed by atoms with Gasteiger partial charge >= 0.3 is 5.97 Å². The summed E-state index contributed by atoms with van der Waals surface area (Å²) in [6, 6.07) is 15.2. The fourth-order valence-corrected chi connectivity index (χ4v) is 2.33. The van der Waals surface area contributed by atoms with Gasteiger partial charge in [-0.2, -0.15) is 0 Å². The predicted molar refractivity (Wildman–Crippen MR) is 98.1 cm³/mol. The molecule has 0 amide bonds. The van der Waals surface area contributed by atoms with E-state index in [9.17, 15) is 9.90 Å². The third-order valence-electron chi connectivity index (χ3n) is 3.69. The highest BCUT2D eigenvalue weighted by Crippen LogP contribution is 2.26. The number of hydrogen-bond donors (Lipinski definition) is 1. The van der Waals surface area contributed by atoms with Crippen LogP contribution in [0.5, 0.6) is 5.75 Å². The second kappa shape index (κ2) is 8.34. The van der Waals surface area contributed by atoms with Crippen molar-refractivity contribution in [3.8, 4) is 5.75 Å². The smallest absolute Gasteiger partial charge is 0.336 e. The lowest BCUT2D eigenvalue weighted by Crippen LogP contribution is -2.06.